The Morgan fingerprint density at radius 1 is 0.750 bits per heavy atom. The Morgan fingerprint density at radius 2 is 1.34 bits per heavy atom. The van der Waals surface area contributed by atoms with E-state index in [2.05, 4.69) is 4.98 Å². The number of ketones is 1. The lowest BCUT2D eigenvalue weighted by molar-refractivity contribution is 0.0973. The highest BCUT2D eigenvalue weighted by molar-refractivity contribution is 7.85. The molecular weight excluding hydrogens is 414 g/mol. The van der Waals surface area contributed by atoms with Crippen LogP contribution < -0.4 is 0 Å². The summed E-state index contributed by atoms with van der Waals surface area (Å²) in [5.74, 6) is -0.164. The maximum Gasteiger partial charge on any atom is 0.163 e. The highest BCUT2D eigenvalue weighted by Gasteiger charge is 2.32. The molecule has 0 aliphatic rings. The molecule has 160 valence electrons. The van der Waals surface area contributed by atoms with Crippen LogP contribution in [0, 0.1) is 0 Å². The van der Waals surface area contributed by atoms with Gasteiger partial charge in [0.05, 0.1) is 16.0 Å². The van der Waals surface area contributed by atoms with Gasteiger partial charge in [0.25, 0.3) is 0 Å². The molecule has 4 rings (SSSR count). The van der Waals surface area contributed by atoms with E-state index in [1.807, 2.05) is 103 Å². The van der Waals surface area contributed by atoms with Crippen LogP contribution >= 0.6 is 0 Å². The highest BCUT2D eigenvalue weighted by atomic mass is 32.2. The van der Waals surface area contributed by atoms with Gasteiger partial charge < -0.3 is 0 Å². The molecule has 0 aliphatic carbocycles. The normalized spacial score (nSPS) is 13.8. The second-order valence-corrected chi connectivity index (χ2v) is 9.32. The Balaban J connectivity index is 1.74. The van der Waals surface area contributed by atoms with E-state index in [4.69, 9.17) is 0 Å². The Bertz CT molecular complexity index is 1150. The van der Waals surface area contributed by atoms with E-state index in [0.29, 0.717) is 17.0 Å². The van der Waals surface area contributed by atoms with Gasteiger partial charge in [0.1, 0.15) is 5.03 Å². The van der Waals surface area contributed by atoms with Crippen LogP contribution in [0.15, 0.2) is 120 Å². The van der Waals surface area contributed by atoms with Crippen molar-refractivity contribution in [3.8, 4) is 0 Å². The van der Waals surface area contributed by atoms with E-state index in [1.165, 1.54) is 0 Å². The van der Waals surface area contributed by atoms with E-state index < -0.39 is 10.8 Å². The van der Waals surface area contributed by atoms with Crippen LogP contribution in [0.1, 0.15) is 33.8 Å². The number of rotatable bonds is 9. The van der Waals surface area contributed by atoms with E-state index in [0.717, 1.165) is 11.1 Å². The van der Waals surface area contributed by atoms with Gasteiger partial charge in [-0.3, -0.25) is 9.00 Å². The van der Waals surface area contributed by atoms with Crippen molar-refractivity contribution in [2.75, 3.05) is 0 Å². The quantitative estimate of drug-likeness (QED) is 0.307. The first-order chi connectivity index (χ1) is 15.7. The number of nitrogens with zero attached hydrogens (tertiary/aromatic N) is 1. The van der Waals surface area contributed by atoms with Crippen molar-refractivity contribution >= 4 is 16.6 Å². The fraction of sp³-hybridized carbons (Fsp3) is 0.143. The van der Waals surface area contributed by atoms with Crippen LogP contribution in [-0.2, 0) is 17.2 Å². The Morgan fingerprint density at radius 3 is 1.97 bits per heavy atom. The summed E-state index contributed by atoms with van der Waals surface area (Å²) in [6.07, 6.45) is 2.54. The second-order valence-electron chi connectivity index (χ2n) is 7.70. The standard InChI is InChI=1S/C28H25NO2S/c30-26(24-16-8-3-9-17-24)21-25(23-14-6-2-7-15-23)27(20-22-12-4-1-5-13-22)32(31)28-18-10-11-19-29-28/h1-19,25,27H,20-21H2/t25-,27+,32?/m1/s1. The van der Waals surface area contributed by atoms with Crippen molar-refractivity contribution in [1.82, 2.24) is 4.98 Å². The number of hydrogen-bond acceptors (Lipinski definition) is 3. The smallest absolute Gasteiger partial charge is 0.163 e. The van der Waals surface area contributed by atoms with Crippen molar-refractivity contribution in [2.45, 2.75) is 29.0 Å². The lowest BCUT2D eigenvalue weighted by atomic mass is 9.86. The van der Waals surface area contributed by atoms with Gasteiger partial charge in [0.2, 0.25) is 0 Å². The molecule has 0 radical (unpaired) electrons. The number of pyridine rings is 1. The van der Waals surface area contributed by atoms with Crippen molar-refractivity contribution in [3.63, 3.8) is 0 Å². The highest BCUT2D eigenvalue weighted by Crippen LogP contribution is 2.32. The summed E-state index contributed by atoms with van der Waals surface area (Å²) in [6.45, 7) is 0. The fourth-order valence-corrected chi connectivity index (χ4v) is 5.52. The summed E-state index contributed by atoms with van der Waals surface area (Å²) in [5.41, 5.74) is 2.78. The summed E-state index contributed by atoms with van der Waals surface area (Å²) in [7, 11) is -1.39. The van der Waals surface area contributed by atoms with Crippen LogP contribution in [-0.4, -0.2) is 20.2 Å². The second kappa shape index (κ2) is 10.8. The van der Waals surface area contributed by atoms with E-state index in [-0.39, 0.29) is 23.4 Å². The number of aromatic nitrogens is 1. The SMILES string of the molecule is O=C(C[C@H](c1ccccc1)[C@H](Cc1ccccc1)S(=O)c1ccccn1)c1ccccc1. The third kappa shape index (κ3) is 5.45. The van der Waals surface area contributed by atoms with Crippen LogP contribution in [0.4, 0.5) is 0 Å². The Labute approximate surface area is 191 Å². The predicted octanol–water partition coefficient (Wildman–Crippen LogP) is 5.86. The molecule has 0 aliphatic heterocycles. The molecule has 3 aromatic carbocycles. The maximum atomic E-state index is 13.8. The van der Waals surface area contributed by atoms with Crippen molar-refractivity contribution in [3.05, 3.63) is 132 Å². The van der Waals surface area contributed by atoms with E-state index in [9.17, 15) is 9.00 Å². The number of hydrogen-bond donors (Lipinski definition) is 0. The molecule has 0 fully saturated rings. The van der Waals surface area contributed by atoms with Crippen molar-refractivity contribution < 1.29 is 9.00 Å². The third-order valence-corrected chi connectivity index (χ3v) is 7.28. The molecule has 32 heavy (non-hydrogen) atoms. The molecule has 0 amide bonds. The van der Waals surface area contributed by atoms with Crippen LogP contribution in [0.2, 0.25) is 0 Å². The van der Waals surface area contributed by atoms with E-state index >= 15 is 0 Å². The van der Waals surface area contributed by atoms with Gasteiger partial charge in [0, 0.05) is 24.1 Å². The van der Waals surface area contributed by atoms with Crippen LogP contribution in [0.5, 0.6) is 0 Å². The molecule has 0 saturated carbocycles. The number of Topliss-reactive ketones (excluding diaryl/α,β-unsaturated/α-hetero) is 1. The van der Waals surface area contributed by atoms with Gasteiger partial charge in [0.15, 0.2) is 5.78 Å². The molecule has 3 atom stereocenters. The predicted molar refractivity (Wildman–Crippen MR) is 129 cm³/mol. The van der Waals surface area contributed by atoms with E-state index in [1.54, 1.807) is 12.3 Å². The number of carbonyl (C=O) groups excluding carboxylic acids is 1. The Kier molecular flexibility index (Phi) is 7.36. The monoisotopic (exact) mass is 439 g/mol. The zero-order valence-electron chi connectivity index (χ0n) is 17.7. The molecular formula is C28H25NO2S. The minimum absolute atomic E-state index is 0.0514. The average Bonchev–Trinajstić information content (AvgIpc) is 2.88. The molecule has 1 unspecified atom stereocenters. The van der Waals surface area contributed by atoms with Gasteiger partial charge in [-0.15, -0.1) is 0 Å². The largest absolute Gasteiger partial charge is 0.294 e. The first-order valence-corrected chi connectivity index (χ1v) is 11.9. The fourth-order valence-electron chi connectivity index (χ4n) is 3.94. The van der Waals surface area contributed by atoms with Crippen molar-refractivity contribution in [1.29, 1.82) is 0 Å². The van der Waals surface area contributed by atoms with Gasteiger partial charge >= 0.3 is 0 Å². The summed E-state index contributed by atoms with van der Waals surface area (Å²) < 4.78 is 13.8. The van der Waals surface area contributed by atoms with Gasteiger partial charge in [-0.05, 0) is 29.7 Å². The van der Waals surface area contributed by atoms with Crippen LogP contribution in [0.3, 0.4) is 0 Å². The van der Waals surface area contributed by atoms with Gasteiger partial charge in [-0.25, -0.2) is 4.98 Å². The first kappa shape index (κ1) is 21.8. The molecule has 1 aromatic heterocycles. The molecule has 4 heteroatoms. The molecule has 0 spiro atoms. The number of carbonyl (C=O) groups is 1. The van der Waals surface area contributed by atoms with Crippen LogP contribution in [0.25, 0.3) is 0 Å². The summed E-state index contributed by atoms with van der Waals surface area (Å²) in [4.78, 5) is 17.6. The molecule has 0 N–H and O–H groups in total. The summed E-state index contributed by atoms with van der Waals surface area (Å²) in [6, 6.07) is 34.8. The molecule has 4 aromatic rings. The topological polar surface area (TPSA) is 47.0 Å². The first-order valence-electron chi connectivity index (χ1n) is 10.7. The molecule has 0 saturated heterocycles. The van der Waals surface area contributed by atoms with Crippen molar-refractivity contribution in [2.24, 2.45) is 0 Å². The lowest BCUT2D eigenvalue weighted by Gasteiger charge is -2.27. The molecule has 3 nitrogen and oxygen atoms in total. The number of benzene rings is 3. The lowest BCUT2D eigenvalue weighted by Crippen LogP contribution is -2.29. The summed E-state index contributed by atoms with van der Waals surface area (Å²) in [5, 5.41) is 0.240. The maximum absolute atomic E-state index is 13.8. The zero-order chi connectivity index (χ0) is 22.2. The zero-order valence-corrected chi connectivity index (χ0v) is 18.5. The molecule has 1 heterocycles. The minimum atomic E-state index is -1.39. The Hall–Kier alpha value is -3.37. The minimum Gasteiger partial charge on any atom is -0.294 e. The third-order valence-electron chi connectivity index (χ3n) is 5.58. The van der Waals surface area contributed by atoms with Gasteiger partial charge in [-0.1, -0.05) is 97.1 Å². The average molecular weight is 440 g/mol. The summed E-state index contributed by atoms with van der Waals surface area (Å²) >= 11 is 0. The molecule has 0 bridgehead atoms. The van der Waals surface area contributed by atoms with Gasteiger partial charge in [-0.2, -0.15) is 0 Å².